The molecule has 90 valence electrons. The summed E-state index contributed by atoms with van der Waals surface area (Å²) < 4.78 is 19.0. The molecule has 1 N–H and O–H groups in total. The smallest absolute Gasteiger partial charge is 0.124 e. The predicted molar refractivity (Wildman–Crippen MR) is 73.3 cm³/mol. The average Bonchev–Trinajstić information content (AvgIpc) is 2.79. The quantitative estimate of drug-likeness (QED) is 0.858. The molecule has 4 heteroatoms. The Hall–Kier alpha value is -0.880. The lowest BCUT2D eigenvalue weighted by atomic mass is 10.0. The first-order valence-corrected chi connectivity index (χ1v) is 6.42. The van der Waals surface area contributed by atoms with E-state index >= 15 is 0 Å². The van der Waals surface area contributed by atoms with Crippen LogP contribution in [-0.4, -0.2) is 7.05 Å². The minimum absolute atomic E-state index is 0.167. The summed E-state index contributed by atoms with van der Waals surface area (Å²) in [4.78, 5) is 0. The Morgan fingerprint density at radius 2 is 2.24 bits per heavy atom. The second kappa shape index (κ2) is 5.64. The summed E-state index contributed by atoms with van der Waals surface area (Å²) in [7, 11) is 1.91. The lowest BCUT2D eigenvalue weighted by Gasteiger charge is -2.17. The fourth-order valence-corrected chi connectivity index (χ4v) is 2.65. The topological polar surface area (TPSA) is 25.2 Å². The summed E-state index contributed by atoms with van der Waals surface area (Å²) in [5.41, 5.74) is 2.24. The molecular formula is C13H13FINO. The Labute approximate surface area is 113 Å². The molecule has 1 aromatic carbocycles. The molecule has 0 aliphatic heterocycles. The molecule has 17 heavy (non-hydrogen) atoms. The standard InChI is InChI=1S/C13H13FINO/c1-16-13(6-9-4-5-17-8-9)11-3-2-10(14)7-12(11)15/h2-5,7-8,13,16H,6H2,1H3. The molecule has 1 unspecified atom stereocenters. The van der Waals surface area contributed by atoms with Crippen molar-refractivity contribution in [3.63, 3.8) is 0 Å². The number of halogens is 2. The van der Waals surface area contributed by atoms with Gasteiger partial charge in [0.25, 0.3) is 0 Å². The zero-order chi connectivity index (χ0) is 12.3. The van der Waals surface area contributed by atoms with Crippen LogP contribution in [0.5, 0.6) is 0 Å². The van der Waals surface area contributed by atoms with E-state index in [0.717, 1.165) is 21.1 Å². The molecule has 0 amide bonds. The first kappa shape index (κ1) is 12.6. The van der Waals surface area contributed by atoms with Gasteiger partial charge in [-0.2, -0.15) is 0 Å². The Bertz CT molecular complexity index is 484. The molecule has 2 nitrogen and oxygen atoms in total. The minimum atomic E-state index is -0.198. The minimum Gasteiger partial charge on any atom is -0.472 e. The molecule has 0 aliphatic carbocycles. The molecule has 1 heterocycles. The molecule has 2 aromatic rings. The van der Waals surface area contributed by atoms with Crippen LogP contribution in [0.4, 0.5) is 4.39 Å². The molecule has 0 saturated heterocycles. The number of likely N-dealkylation sites (N-methyl/N-ethyl adjacent to an activating group) is 1. The Balaban J connectivity index is 2.23. The van der Waals surface area contributed by atoms with Crippen molar-refractivity contribution in [1.82, 2.24) is 5.32 Å². The zero-order valence-corrected chi connectivity index (χ0v) is 11.6. The highest BCUT2D eigenvalue weighted by Gasteiger charge is 2.14. The lowest BCUT2D eigenvalue weighted by molar-refractivity contribution is 0.550. The Morgan fingerprint density at radius 3 is 2.82 bits per heavy atom. The third-order valence-corrected chi connectivity index (χ3v) is 3.64. The maximum Gasteiger partial charge on any atom is 0.124 e. The highest BCUT2D eigenvalue weighted by atomic mass is 127. The number of rotatable bonds is 4. The third-order valence-electron chi connectivity index (χ3n) is 2.71. The van der Waals surface area contributed by atoms with Crippen molar-refractivity contribution in [3.05, 3.63) is 57.3 Å². The normalized spacial score (nSPS) is 12.6. The molecule has 0 saturated carbocycles. The molecule has 0 radical (unpaired) electrons. The summed E-state index contributed by atoms with van der Waals surface area (Å²) in [5, 5.41) is 3.25. The van der Waals surface area contributed by atoms with Gasteiger partial charge in [0.2, 0.25) is 0 Å². The number of benzene rings is 1. The van der Waals surface area contributed by atoms with Gasteiger partial charge in [0.15, 0.2) is 0 Å². The SMILES string of the molecule is CNC(Cc1ccoc1)c1ccc(F)cc1I. The largest absolute Gasteiger partial charge is 0.472 e. The molecule has 0 fully saturated rings. The van der Waals surface area contributed by atoms with Crippen LogP contribution >= 0.6 is 22.6 Å². The summed E-state index contributed by atoms with van der Waals surface area (Å²) >= 11 is 2.16. The molecular weight excluding hydrogens is 332 g/mol. The molecule has 2 rings (SSSR count). The molecule has 1 atom stereocenters. The Kier molecular flexibility index (Phi) is 4.17. The lowest BCUT2D eigenvalue weighted by Crippen LogP contribution is -2.19. The highest BCUT2D eigenvalue weighted by Crippen LogP contribution is 2.24. The summed E-state index contributed by atoms with van der Waals surface area (Å²) in [6, 6.07) is 6.99. The van der Waals surface area contributed by atoms with E-state index in [9.17, 15) is 4.39 Å². The third kappa shape index (κ3) is 3.07. The van der Waals surface area contributed by atoms with Gasteiger partial charge in [-0.15, -0.1) is 0 Å². The van der Waals surface area contributed by atoms with Crippen LogP contribution in [0.1, 0.15) is 17.2 Å². The number of nitrogens with one attached hydrogen (secondary N) is 1. The van der Waals surface area contributed by atoms with Gasteiger partial charge >= 0.3 is 0 Å². The van der Waals surface area contributed by atoms with E-state index < -0.39 is 0 Å². The summed E-state index contributed by atoms with van der Waals surface area (Å²) in [6.45, 7) is 0. The van der Waals surface area contributed by atoms with Gasteiger partial charge in [-0.05, 0) is 65.4 Å². The predicted octanol–water partition coefficient (Wildman–Crippen LogP) is 3.53. The molecule has 0 bridgehead atoms. The Morgan fingerprint density at radius 1 is 1.41 bits per heavy atom. The van der Waals surface area contributed by atoms with Crippen LogP contribution in [0.25, 0.3) is 0 Å². The van der Waals surface area contributed by atoms with Crippen molar-refractivity contribution in [2.24, 2.45) is 0 Å². The average molecular weight is 345 g/mol. The summed E-state index contributed by atoms with van der Waals surface area (Å²) in [5.74, 6) is -0.198. The van der Waals surface area contributed by atoms with Gasteiger partial charge < -0.3 is 9.73 Å². The van der Waals surface area contributed by atoms with Crippen LogP contribution in [0.3, 0.4) is 0 Å². The van der Waals surface area contributed by atoms with E-state index in [1.807, 2.05) is 19.2 Å². The fourth-order valence-electron chi connectivity index (χ4n) is 1.80. The maximum atomic E-state index is 13.1. The maximum absolute atomic E-state index is 13.1. The number of hydrogen-bond acceptors (Lipinski definition) is 2. The fraction of sp³-hybridized carbons (Fsp3) is 0.231. The van der Waals surface area contributed by atoms with Gasteiger partial charge in [0.05, 0.1) is 12.5 Å². The first-order chi connectivity index (χ1) is 8.20. The van der Waals surface area contributed by atoms with Crippen LogP contribution in [-0.2, 0) is 6.42 Å². The van der Waals surface area contributed by atoms with Gasteiger partial charge in [0.1, 0.15) is 5.82 Å². The van der Waals surface area contributed by atoms with Crippen molar-refractivity contribution in [2.75, 3.05) is 7.05 Å². The van der Waals surface area contributed by atoms with Crippen molar-refractivity contribution < 1.29 is 8.81 Å². The van der Waals surface area contributed by atoms with E-state index in [2.05, 4.69) is 27.9 Å². The van der Waals surface area contributed by atoms with Gasteiger partial charge in [-0.3, -0.25) is 0 Å². The monoisotopic (exact) mass is 345 g/mol. The van der Waals surface area contributed by atoms with Crippen LogP contribution in [0.15, 0.2) is 41.2 Å². The van der Waals surface area contributed by atoms with Crippen molar-refractivity contribution in [1.29, 1.82) is 0 Å². The van der Waals surface area contributed by atoms with E-state index in [1.165, 1.54) is 6.07 Å². The van der Waals surface area contributed by atoms with E-state index in [1.54, 1.807) is 18.6 Å². The van der Waals surface area contributed by atoms with E-state index in [4.69, 9.17) is 4.42 Å². The first-order valence-electron chi connectivity index (χ1n) is 5.34. The molecule has 0 aliphatic rings. The van der Waals surface area contributed by atoms with Crippen LogP contribution in [0, 0.1) is 9.39 Å². The van der Waals surface area contributed by atoms with Gasteiger partial charge in [-0.25, -0.2) is 4.39 Å². The van der Waals surface area contributed by atoms with Gasteiger partial charge in [0, 0.05) is 9.61 Å². The second-order valence-corrected chi connectivity index (χ2v) is 5.01. The zero-order valence-electron chi connectivity index (χ0n) is 9.41. The van der Waals surface area contributed by atoms with E-state index in [0.29, 0.717) is 0 Å². The van der Waals surface area contributed by atoms with Crippen LogP contribution in [0.2, 0.25) is 0 Å². The van der Waals surface area contributed by atoms with Crippen LogP contribution < -0.4 is 5.32 Å². The number of furan rings is 1. The molecule has 1 aromatic heterocycles. The highest BCUT2D eigenvalue weighted by molar-refractivity contribution is 14.1. The van der Waals surface area contributed by atoms with Gasteiger partial charge in [-0.1, -0.05) is 6.07 Å². The summed E-state index contributed by atoms with van der Waals surface area (Å²) in [6.07, 6.45) is 4.23. The molecule has 0 spiro atoms. The van der Waals surface area contributed by atoms with Crippen molar-refractivity contribution in [2.45, 2.75) is 12.5 Å². The van der Waals surface area contributed by atoms with E-state index in [-0.39, 0.29) is 11.9 Å². The van der Waals surface area contributed by atoms with Crippen molar-refractivity contribution in [3.8, 4) is 0 Å². The second-order valence-electron chi connectivity index (χ2n) is 3.84. The number of hydrogen-bond donors (Lipinski definition) is 1. The van der Waals surface area contributed by atoms with Crippen molar-refractivity contribution >= 4 is 22.6 Å².